The maximum Gasteiger partial charge on any atom is 0.254 e. The molecule has 2 aromatic carbocycles. The van der Waals surface area contributed by atoms with Crippen LogP contribution >= 0.6 is 15.9 Å². The highest BCUT2D eigenvalue weighted by molar-refractivity contribution is 9.10. The Morgan fingerprint density at radius 3 is 2.45 bits per heavy atom. The van der Waals surface area contributed by atoms with Gasteiger partial charge in [-0.3, -0.25) is 4.79 Å². The average molecular weight is 370 g/mol. The fourth-order valence-corrected chi connectivity index (χ4v) is 2.22. The van der Waals surface area contributed by atoms with E-state index in [1.165, 1.54) is 47.4 Å². The largest absolute Gasteiger partial charge is 0.492 e. The second-order valence-corrected chi connectivity index (χ2v) is 5.51. The smallest absolute Gasteiger partial charge is 0.254 e. The molecule has 0 radical (unpaired) electrons. The molecule has 2 aromatic rings. The summed E-state index contributed by atoms with van der Waals surface area (Å²) in [5.41, 5.74) is 0.254. The first-order chi connectivity index (χ1) is 10.5. The van der Waals surface area contributed by atoms with Gasteiger partial charge in [-0.2, -0.15) is 0 Å². The molecule has 0 atom stereocenters. The lowest BCUT2D eigenvalue weighted by molar-refractivity contribution is 0.0772. The van der Waals surface area contributed by atoms with Crippen LogP contribution in [0.15, 0.2) is 46.9 Å². The fraction of sp³-hybridized carbons (Fsp3) is 0.188. The molecule has 0 aliphatic carbocycles. The molecule has 0 aromatic heterocycles. The molecule has 0 bridgehead atoms. The van der Waals surface area contributed by atoms with Crippen LogP contribution in [0.5, 0.6) is 5.75 Å². The highest BCUT2D eigenvalue weighted by Gasteiger charge is 2.15. The maximum absolute atomic E-state index is 13.2. The summed E-state index contributed by atoms with van der Waals surface area (Å²) in [4.78, 5) is 13.7. The Balaban J connectivity index is 1.91. The van der Waals surface area contributed by atoms with Crippen LogP contribution in [-0.2, 0) is 0 Å². The number of carbonyl (C=O) groups excluding carboxylic acids is 1. The first kappa shape index (κ1) is 16.4. The highest BCUT2D eigenvalue weighted by Crippen LogP contribution is 2.19. The Morgan fingerprint density at radius 1 is 1.14 bits per heavy atom. The van der Waals surface area contributed by atoms with E-state index in [0.29, 0.717) is 16.8 Å². The average Bonchev–Trinajstić information content (AvgIpc) is 2.51. The second-order valence-electron chi connectivity index (χ2n) is 4.65. The molecule has 3 nitrogen and oxygen atoms in total. The lowest BCUT2D eigenvalue weighted by Crippen LogP contribution is -2.31. The number of likely N-dealkylation sites (N-methyl/N-ethyl adjacent to an activating group) is 1. The number of rotatable bonds is 5. The van der Waals surface area contributed by atoms with E-state index in [1.807, 2.05) is 0 Å². The van der Waals surface area contributed by atoms with Crippen LogP contribution < -0.4 is 4.74 Å². The number of hydrogen-bond donors (Lipinski definition) is 0. The normalized spacial score (nSPS) is 10.4. The number of ether oxygens (including phenoxy) is 1. The molecular formula is C16H14BrF2NO2. The molecule has 0 heterocycles. The summed E-state index contributed by atoms with van der Waals surface area (Å²) in [7, 11) is 1.60. The molecule has 1 amide bonds. The van der Waals surface area contributed by atoms with Gasteiger partial charge in [-0.05, 0) is 58.4 Å². The highest BCUT2D eigenvalue weighted by atomic mass is 79.9. The predicted molar refractivity (Wildman–Crippen MR) is 83.0 cm³/mol. The van der Waals surface area contributed by atoms with Crippen LogP contribution in [0.2, 0.25) is 0 Å². The fourth-order valence-electron chi connectivity index (χ4n) is 1.80. The Bertz CT molecular complexity index is 662. The molecular weight excluding hydrogens is 356 g/mol. The quantitative estimate of drug-likeness (QED) is 0.800. The van der Waals surface area contributed by atoms with Gasteiger partial charge in [0.25, 0.3) is 5.91 Å². The third-order valence-corrected chi connectivity index (χ3v) is 3.71. The SMILES string of the molecule is CN(CCOc1ccc(F)cc1)C(=O)c1cc(F)ccc1Br. The number of halogens is 3. The first-order valence-corrected chi connectivity index (χ1v) is 7.35. The van der Waals surface area contributed by atoms with Crippen molar-refractivity contribution in [2.24, 2.45) is 0 Å². The number of nitrogens with zero attached hydrogens (tertiary/aromatic N) is 1. The van der Waals surface area contributed by atoms with E-state index >= 15 is 0 Å². The van der Waals surface area contributed by atoms with Crippen molar-refractivity contribution in [3.8, 4) is 5.75 Å². The van der Waals surface area contributed by atoms with Gasteiger partial charge in [0, 0.05) is 11.5 Å². The van der Waals surface area contributed by atoms with Crippen LogP contribution in [-0.4, -0.2) is 31.0 Å². The minimum absolute atomic E-state index is 0.251. The van der Waals surface area contributed by atoms with E-state index in [0.717, 1.165) is 0 Å². The zero-order valence-electron chi connectivity index (χ0n) is 11.9. The predicted octanol–water partition coefficient (Wildman–Crippen LogP) is 3.88. The second kappa shape index (κ2) is 7.35. The Hall–Kier alpha value is -1.95. The van der Waals surface area contributed by atoms with Crippen molar-refractivity contribution in [1.82, 2.24) is 4.90 Å². The summed E-state index contributed by atoms with van der Waals surface area (Å²) >= 11 is 3.23. The Morgan fingerprint density at radius 2 is 1.77 bits per heavy atom. The van der Waals surface area contributed by atoms with Gasteiger partial charge in [0.15, 0.2) is 0 Å². The lowest BCUT2D eigenvalue weighted by atomic mass is 10.2. The third kappa shape index (κ3) is 4.27. The van der Waals surface area contributed by atoms with Gasteiger partial charge in [0.2, 0.25) is 0 Å². The van der Waals surface area contributed by atoms with E-state index in [4.69, 9.17) is 4.74 Å². The number of benzene rings is 2. The Kier molecular flexibility index (Phi) is 5.49. The van der Waals surface area contributed by atoms with Gasteiger partial charge in [-0.15, -0.1) is 0 Å². The number of carbonyl (C=O) groups is 1. The van der Waals surface area contributed by atoms with Crippen LogP contribution in [0.3, 0.4) is 0 Å². The zero-order valence-corrected chi connectivity index (χ0v) is 13.4. The van der Waals surface area contributed by atoms with Gasteiger partial charge in [0.05, 0.1) is 12.1 Å². The van der Waals surface area contributed by atoms with E-state index in [1.54, 1.807) is 7.05 Å². The monoisotopic (exact) mass is 369 g/mol. The standard InChI is InChI=1S/C16H14BrF2NO2/c1-20(8-9-22-13-5-2-11(18)3-6-13)16(21)14-10-12(19)4-7-15(14)17/h2-7,10H,8-9H2,1H3. The van der Waals surface area contributed by atoms with Gasteiger partial charge >= 0.3 is 0 Å². The van der Waals surface area contributed by atoms with Crippen molar-refractivity contribution in [1.29, 1.82) is 0 Å². The van der Waals surface area contributed by atoms with Crippen molar-refractivity contribution >= 4 is 21.8 Å². The topological polar surface area (TPSA) is 29.5 Å². The van der Waals surface area contributed by atoms with Gasteiger partial charge in [-0.1, -0.05) is 0 Å². The Labute approximate surface area is 135 Å². The molecule has 6 heteroatoms. The van der Waals surface area contributed by atoms with Crippen LogP contribution in [0.25, 0.3) is 0 Å². The molecule has 0 aliphatic rings. The number of amides is 1. The minimum atomic E-state index is -0.470. The van der Waals surface area contributed by atoms with Crippen LogP contribution in [0.1, 0.15) is 10.4 Å². The minimum Gasteiger partial charge on any atom is -0.492 e. The van der Waals surface area contributed by atoms with Gasteiger partial charge in [-0.25, -0.2) is 8.78 Å². The number of hydrogen-bond acceptors (Lipinski definition) is 2. The van der Waals surface area contributed by atoms with Crippen molar-refractivity contribution < 1.29 is 18.3 Å². The van der Waals surface area contributed by atoms with E-state index in [-0.39, 0.29) is 23.9 Å². The molecule has 0 aliphatic heterocycles. The summed E-state index contributed by atoms with van der Waals surface area (Å²) in [6.07, 6.45) is 0. The van der Waals surface area contributed by atoms with Crippen molar-refractivity contribution in [2.75, 3.05) is 20.2 Å². The molecule has 0 N–H and O–H groups in total. The van der Waals surface area contributed by atoms with Gasteiger partial charge in [0.1, 0.15) is 24.0 Å². The molecule has 0 unspecified atom stereocenters. The summed E-state index contributed by atoms with van der Waals surface area (Å²) in [6.45, 7) is 0.569. The lowest BCUT2D eigenvalue weighted by Gasteiger charge is -2.18. The molecule has 0 fully saturated rings. The zero-order chi connectivity index (χ0) is 16.1. The van der Waals surface area contributed by atoms with Crippen molar-refractivity contribution in [3.05, 3.63) is 64.1 Å². The maximum atomic E-state index is 13.2. The first-order valence-electron chi connectivity index (χ1n) is 6.56. The van der Waals surface area contributed by atoms with E-state index in [9.17, 15) is 13.6 Å². The van der Waals surface area contributed by atoms with Crippen LogP contribution in [0.4, 0.5) is 8.78 Å². The molecule has 2 rings (SSSR count). The van der Waals surface area contributed by atoms with E-state index < -0.39 is 5.82 Å². The molecule has 0 spiro atoms. The summed E-state index contributed by atoms with van der Waals surface area (Å²) in [6, 6.07) is 9.58. The van der Waals surface area contributed by atoms with E-state index in [2.05, 4.69) is 15.9 Å². The summed E-state index contributed by atoms with van der Waals surface area (Å²) in [5.74, 6) is -0.596. The molecule has 0 saturated carbocycles. The van der Waals surface area contributed by atoms with Crippen molar-refractivity contribution in [3.63, 3.8) is 0 Å². The summed E-state index contributed by atoms with van der Waals surface area (Å²) < 4.78 is 31.9. The molecule has 116 valence electrons. The van der Waals surface area contributed by atoms with Crippen molar-refractivity contribution in [2.45, 2.75) is 0 Å². The third-order valence-electron chi connectivity index (χ3n) is 3.01. The summed E-state index contributed by atoms with van der Waals surface area (Å²) in [5, 5.41) is 0. The molecule has 0 saturated heterocycles. The van der Waals surface area contributed by atoms with Crippen LogP contribution in [0, 0.1) is 11.6 Å². The van der Waals surface area contributed by atoms with Gasteiger partial charge < -0.3 is 9.64 Å². The molecule has 22 heavy (non-hydrogen) atoms.